The fraction of sp³-hybridized carbons (Fsp3) is 0.600. The van der Waals surface area contributed by atoms with Gasteiger partial charge in [0.25, 0.3) is 0 Å². The second-order valence-electron chi connectivity index (χ2n) is 6.70. The van der Waals surface area contributed by atoms with Crippen LogP contribution in [0.1, 0.15) is 51.5 Å². The van der Waals surface area contributed by atoms with Crippen LogP contribution in [0.25, 0.3) is 0 Å². The number of hydrogen-bond donors (Lipinski definition) is 2. The third kappa shape index (κ3) is 7.13. The number of likely N-dealkylation sites (tertiary alicyclic amines) is 1. The molecule has 1 aliphatic rings. The maximum absolute atomic E-state index is 11.9. The Morgan fingerprint density at radius 3 is 2.69 bits per heavy atom. The summed E-state index contributed by atoms with van der Waals surface area (Å²) in [7, 11) is 0. The molecule has 2 unspecified atom stereocenters. The lowest BCUT2D eigenvalue weighted by Gasteiger charge is -2.22. The maximum Gasteiger partial charge on any atom is 0.222 e. The van der Waals surface area contributed by atoms with Crippen molar-refractivity contribution in [2.45, 2.75) is 52.0 Å². The smallest absolute Gasteiger partial charge is 0.222 e. The van der Waals surface area contributed by atoms with Crippen LogP contribution in [0.15, 0.2) is 35.3 Å². The van der Waals surface area contributed by atoms with Gasteiger partial charge in [-0.25, -0.2) is 0 Å². The summed E-state index contributed by atoms with van der Waals surface area (Å²) in [5, 5.41) is 6.36. The number of nitrogens with zero attached hydrogens (tertiary/aromatic N) is 2. The summed E-state index contributed by atoms with van der Waals surface area (Å²) < 4.78 is 0. The number of hydrogen-bond acceptors (Lipinski definition) is 2. The van der Waals surface area contributed by atoms with Crippen LogP contribution in [0, 0.1) is 0 Å². The monoisotopic (exact) mass is 472 g/mol. The number of aliphatic imine (C=N–C) groups is 1. The molecule has 0 bridgehead atoms. The van der Waals surface area contributed by atoms with Crippen LogP contribution in [0.3, 0.4) is 0 Å². The van der Waals surface area contributed by atoms with Crippen molar-refractivity contribution in [3.63, 3.8) is 0 Å². The van der Waals surface area contributed by atoms with Crippen molar-refractivity contribution in [1.29, 1.82) is 0 Å². The summed E-state index contributed by atoms with van der Waals surface area (Å²) in [6, 6.07) is 10.9. The predicted octanol–water partition coefficient (Wildman–Crippen LogP) is 3.36. The van der Waals surface area contributed by atoms with E-state index in [1.807, 2.05) is 6.92 Å². The Hall–Kier alpha value is -1.31. The van der Waals surface area contributed by atoms with Gasteiger partial charge in [-0.15, -0.1) is 24.0 Å². The predicted molar refractivity (Wildman–Crippen MR) is 119 cm³/mol. The molecule has 1 saturated heterocycles. The van der Waals surface area contributed by atoms with Gasteiger partial charge in [-0.05, 0) is 32.3 Å². The van der Waals surface area contributed by atoms with Gasteiger partial charge in [0.05, 0.1) is 6.54 Å². The zero-order valence-electron chi connectivity index (χ0n) is 16.2. The fourth-order valence-electron chi connectivity index (χ4n) is 3.09. The van der Waals surface area contributed by atoms with Gasteiger partial charge in [-0.1, -0.05) is 37.3 Å². The summed E-state index contributed by atoms with van der Waals surface area (Å²) in [5.74, 6) is 1.56. The molecule has 26 heavy (non-hydrogen) atoms. The Labute approximate surface area is 175 Å². The molecule has 6 heteroatoms. The topological polar surface area (TPSA) is 56.7 Å². The highest BCUT2D eigenvalue weighted by atomic mass is 127. The van der Waals surface area contributed by atoms with Crippen LogP contribution in [0.5, 0.6) is 0 Å². The number of carbonyl (C=O) groups is 1. The number of carbonyl (C=O) groups excluding carboxylic acids is 1. The minimum atomic E-state index is 0. The number of benzene rings is 1. The first-order chi connectivity index (χ1) is 12.1. The van der Waals surface area contributed by atoms with Gasteiger partial charge in [0.2, 0.25) is 5.91 Å². The summed E-state index contributed by atoms with van der Waals surface area (Å²) in [6.07, 6.45) is 2.53. The first-order valence-electron chi connectivity index (χ1n) is 9.51. The van der Waals surface area contributed by atoms with E-state index in [2.05, 4.69) is 64.7 Å². The molecule has 146 valence electrons. The van der Waals surface area contributed by atoms with Crippen molar-refractivity contribution in [1.82, 2.24) is 15.5 Å². The second-order valence-corrected chi connectivity index (χ2v) is 6.70. The zero-order valence-corrected chi connectivity index (χ0v) is 18.5. The number of rotatable bonds is 7. The molecule has 1 amide bonds. The lowest BCUT2D eigenvalue weighted by Crippen LogP contribution is -2.40. The average Bonchev–Trinajstić information content (AvgIpc) is 3.11. The number of halogens is 1. The lowest BCUT2D eigenvalue weighted by molar-refractivity contribution is -0.121. The second kappa shape index (κ2) is 12.1. The van der Waals surface area contributed by atoms with Crippen molar-refractivity contribution in [2.75, 3.05) is 26.2 Å². The normalized spacial score (nSPS) is 18.2. The van der Waals surface area contributed by atoms with E-state index in [4.69, 9.17) is 0 Å². The first-order valence-corrected chi connectivity index (χ1v) is 9.51. The Bertz CT molecular complexity index is 564. The molecule has 2 N–H and O–H groups in total. The number of guanidine groups is 1. The quantitative estimate of drug-likeness (QED) is 0.364. The van der Waals surface area contributed by atoms with Crippen LogP contribution in [-0.2, 0) is 4.79 Å². The van der Waals surface area contributed by atoms with E-state index in [9.17, 15) is 4.79 Å². The number of amides is 1. The highest BCUT2D eigenvalue weighted by Gasteiger charge is 2.25. The summed E-state index contributed by atoms with van der Waals surface area (Å²) >= 11 is 0. The molecule has 1 fully saturated rings. The van der Waals surface area contributed by atoms with Crippen molar-refractivity contribution in [3.8, 4) is 0 Å². The molecule has 0 spiro atoms. The van der Waals surface area contributed by atoms with E-state index < -0.39 is 0 Å². The van der Waals surface area contributed by atoms with Crippen LogP contribution in [0.2, 0.25) is 0 Å². The highest BCUT2D eigenvalue weighted by molar-refractivity contribution is 14.0. The molecule has 1 aliphatic heterocycles. The van der Waals surface area contributed by atoms with Crippen LogP contribution < -0.4 is 10.6 Å². The minimum Gasteiger partial charge on any atom is -0.357 e. The molecular weight excluding hydrogens is 439 g/mol. The third-order valence-electron chi connectivity index (χ3n) is 4.71. The van der Waals surface area contributed by atoms with Gasteiger partial charge >= 0.3 is 0 Å². The summed E-state index contributed by atoms with van der Waals surface area (Å²) in [6.45, 7) is 9.53. The van der Waals surface area contributed by atoms with Gasteiger partial charge in [-0.2, -0.15) is 0 Å². The Balaban J connectivity index is 0.00000338. The van der Waals surface area contributed by atoms with Gasteiger partial charge in [0, 0.05) is 38.0 Å². The molecule has 0 aliphatic carbocycles. The van der Waals surface area contributed by atoms with E-state index >= 15 is 0 Å². The molecule has 0 radical (unpaired) electrons. The van der Waals surface area contributed by atoms with Crippen LogP contribution in [0.4, 0.5) is 0 Å². The van der Waals surface area contributed by atoms with Crippen LogP contribution in [-0.4, -0.2) is 49.0 Å². The van der Waals surface area contributed by atoms with E-state index in [0.29, 0.717) is 18.9 Å². The van der Waals surface area contributed by atoms with E-state index in [0.717, 1.165) is 38.4 Å². The molecule has 5 nitrogen and oxygen atoms in total. The number of nitrogens with one attached hydrogen (secondary N) is 2. The average molecular weight is 472 g/mol. The third-order valence-corrected chi connectivity index (χ3v) is 4.71. The van der Waals surface area contributed by atoms with Gasteiger partial charge in [0.15, 0.2) is 5.96 Å². The molecule has 2 atom stereocenters. The van der Waals surface area contributed by atoms with Crippen molar-refractivity contribution in [2.24, 2.45) is 4.99 Å². The van der Waals surface area contributed by atoms with E-state index in [1.165, 1.54) is 5.56 Å². The lowest BCUT2D eigenvalue weighted by atomic mass is 9.99. The van der Waals surface area contributed by atoms with Gasteiger partial charge < -0.3 is 15.5 Å². The molecule has 1 aromatic rings. The largest absolute Gasteiger partial charge is 0.357 e. The SMILES string of the molecule is CCNC(=NCCC(=O)NC(C)CC)N1CCC(c2ccccc2)C1.I. The van der Waals surface area contributed by atoms with E-state index in [1.54, 1.807) is 0 Å². The van der Waals surface area contributed by atoms with Gasteiger partial charge in [0.1, 0.15) is 0 Å². The molecule has 2 rings (SSSR count). The molecule has 0 saturated carbocycles. The van der Waals surface area contributed by atoms with Crippen molar-refractivity contribution >= 4 is 35.8 Å². The highest BCUT2D eigenvalue weighted by Crippen LogP contribution is 2.26. The van der Waals surface area contributed by atoms with E-state index in [-0.39, 0.29) is 35.9 Å². The summed E-state index contributed by atoms with van der Waals surface area (Å²) in [5.41, 5.74) is 1.40. The van der Waals surface area contributed by atoms with Crippen LogP contribution >= 0.6 is 24.0 Å². The van der Waals surface area contributed by atoms with Crippen molar-refractivity contribution in [3.05, 3.63) is 35.9 Å². The standard InChI is InChI=1S/C20H32N4O.HI/c1-4-16(3)23-19(25)11-13-22-20(21-5-2)24-14-12-18(15-24)17-9-7-6-8-10-17;/h6-10,16,18H,4-5,11-15H2,1-3H3,(H,21,22)(H,23,25);1H. The maximum atomic E-state index is 11.9. The van der Waals surface area contributed by atoms with Gasteiger partial charge in [-0.3, -0.25) is 9.79 Å². The zero-order chi connectivity index (χ0) is 18.1. The minimum absolute atomic E-state index is 0. The molecule has 1 heterocycles. The first kappa shape index (κ1) is 22.7. The Kier molecular flexibility index (Phi) is 10.6. The fourth-order valence-corrected chi connectivity index (χ4v) is 3.09. The van der Waals surface area contributed by atoms with Crippen molar-refractivity contribution < 1.29 is 4.79 Å². The molecular formula is C20H33IN4O. The molecule has 1 aromatic carbocycles. The Morgan fingerprint density at radius 2 is 2.04 bits per heavy atom. The Morgan fingerprint density at radius 1 is 1.31 bits per heavy atom. The molecule has 0 aromatic heterocycles. The summed E-state index contributed by atoms with van der Waals surface area (Å²) in [4.78, 5) is 18.9.